The van der Waals surface area contributed by atoms with Gasteiger partial charge in [0.25, 0.3) is 0 Å². The highest BCUT2D eigenvalue weighted by molar-refractivity contribution is 8.72. The fourth-order valence-electron chi connectivity index (χ4n) is 1.49. The number of hydrogen-bond donors (Lipinski definition) is 0. The minimum Gasteiger partial charge on any atom is -0.605 e. The third kappa shape index (κ3) is 3.58. The third-order valence-electron chi connectivity index (χ3n) is 2.29. The van der Waals surface area contributed by atoms with Crippen molar-refractivity contribution in [1.82, 2.24) is 0 Å². The second-order valence-corrected chi connectivity index (χ2v) is 6.87. The Labute approximate surface area is 82.3 Å². The van der Waals surface area contributed by atoms with Gasteiger partial charge < -0.3 is 4.55 Å². The summed E-state index contributed by atoms with van der Waals surface area (Å²) in [4.78, 5) is 0. The summed E-state index contributed by atoms with van der Waals surface area (Å²) >= 11 is 0. The van der Waals surface area contributed by atoms with Crippen LogP contribution in [0.1, 0.15) is 45.4 Å². The largest absolute Gasteiger partial charge is 0.605 e. The Morgan fingerprint density at radius 3 is 2.83 bits per heavy atom. The first-order valence-electron chi connectivity index (χ1n) is 4.88. The van der Waals surface area contributed by atoms with Gasteiger partial charge in [-0.05, 0) is 12.8 Å². The second kappa shape index (κ2) is 6.17. The molecule has 0 aliphatic carbocycles. The minimum atomic E-state index is -0.549. The summed E-state index contributed by atoms with van der Waals surface area (Å²) in [5.41, 5.74) is 0. The van der Waals surface area contributed by atoms with Crippen molar-refractivity contribution < 1.29 is 4.55 Å². The van der Waals surface area contributed by atoms with Crippen LogP contribution in [0, 0.1) is 0 Å². The number of rotatable bonds is 5. The SMILES string of the molecule is CCCCCC[C@H]1CCS[S+]1[O-]. The van der Waals surface area contributed by atoms with E-state index in [4.69, 9.17) is 0 Å². The molecular weight excluding hydrogens is 188 g/mol. The summed E-state index contributed by atoms with van der Waals surface area (Å²) in [5.74, 6) is 1.12. The highest BCUT2D eigenvalue weighted by atomic mass is 33.1. The number of hydrogen-bond acceptors (Lipinski definition) is 2. The monoisotopic (exact) mass is 206 g/mol. The Hall–Kier alpha value is 0.660. The predicted octanol–water partition coefficient (Wildman–Crippen LogP) is 3.13. The van der Waals surface area contributed by atoms with E-state index in [2.05, 4.69) is 6.92 Å². The maximum absolute atomic E-state index is 11.3. The molecule has 1 unspecified atom stereocenters. The van der Waals surface area contributed by atoms with E-state index in [9.17, 15) is 4.55 Å². The molecule has 12 heavy (non-hydrogen) atoms. The summed E-state index contributed by atoms with van der Waals surface area (Å²) in [5, 5.41) is 0.520. The van der Waals surface area contributed by atoms with Gasteiger partial charge >= 0.3 is 0 Å². The zero-order chi connectivity index (χ0) is 8.81. The van der Waals surface area contributed by atoms with Gasteiger partial charge in [-0.3, -0.25) is 0 Å². The maximum atomic E-state index is 11.3. The molecule has 0 aromatic carbocycles. The quantitative estimate of drug-likeness (QED) is 0.392. The summed E-state index contributed by atoms with van der Waals surface area (Å²) in [6.07, 6.45) is 7.62. The molecule has 0 spiro atoms. The van der Waals surface area contributed by atoms with Crippen molar-refractivity contribution in [3.05, 3.63) is 0 Å². The molecule has 0 bridgehead atoms. The lowest BCUT2D eigenvalue weighted by molar-refractivity contribution is 0.565. The van der Waals surface area contributed by atoms with E-state index in [1.54, 1.807) is 10.8 Å². The average molecular weight is 206 g/mol. The molecule has 1 rings (SSSR count). The van der Waals surface area contributed by atoms with Crippen molar-refractivity contribution in [2.75, 3.05) is 5.75 Å². The lowest BCUT2D eigenvalue weighted by Crippen LogP contribution is -2.11. The van der Waals surface area contributed by atoms with Crippen molar-refractivity contribution in [3.63, 3.8) is 0 Å². The van der Waals surface area contributed by atoms with E-state index < -0.39 is 10.2 Å². The normalized spacial score (nSPS) is 29.5. The molecule has 1 nitrogen and oxygen atoms in total. The van der Waals surface area contributed by atoms with Crippen LogP contribution in [-0.2, 0) is 10.2 Å². The van der Waals surface area contributed by atoms with Crippen LogP contribution in [-0.4, -0.2) is 15.6 Å². The van der Waals surface area contributed by atoms with Gasteiger partial charge in [0, 0.05) is 22.4 Å². The van der Waals surface area contributed by atoms with Crippen LogP contribution in [0.25, 0.3) is 0 Å². The van der Waals surface area contributed by atoms with Crippen LogP contribution in [0.5, 0.6) is 0 Å². The first-order valence-corrected chi connectivity index (χ1v) is 7.60. The molecule has 1 fully saturated rings. The van der Waals surface area contributed by atoms with E-state index in [1.165, 1.54) is 38.5 Å². The van der Waals surface area contributed by atoms with E-state index in [0.29, 0.717) is 5.25 Å². The second-order valence-electron chi connectivity index (χ2n) is 3.34. The molecular formula is C9H18OS2. The first-order chi connectivity index (χ1) is 5.84. The van der Waals surface area contributed by atoms with Gasteiger partial charge in [0.05, 0.1) is 10.8 Å². The summed E-state index contributed by atoms with van der Waals surface area (Å²) in [6, 6.07) is 0. The van der Waals surface area contributed by atoms with E-state index in [1.807, 2.05) is 0 Å². The highest BCUT2D eigenvalue weighted by Gasteiger charge is 2.29. The smallest absolute Gasteiger partial charge is 0.128 e. The first kappa shape index (κ1) is 10.7. The molecule has 1 aliphatic heterocycles. The van der Waals surface area contributed by atoms with Crippen LogP contribution in [0.2, 0.25) is 0 Å². The van der Waals surface area contributed by atoms with Crippen molar-refractivity contribution >= 4 is 21.0 Å². The maximum Gasteiger partial charge on any atom is 0.128 e. The zero-order valence-corrected chi connectivity index (χ0v) is 9.38. The van der Waals surface area contributed by atoms with Crippen molar-refractivity contribution in [2.45, 2.75) is 50.7 Å². The van der Waals surface area contributed by atoms with Crippen LogP contribution in [0.3, 0.4) is 0 Å². The Morgan fingerprint density at radius 2 is 2.25 bits per heavy atom. The molecule has 0 radical (unpaired) electrons. The molecule has 0 saturated carbocycles. The number of unbranched alkanes of at least 4 members (excludes halogenated alkanes) is 3. The van der Waals surface area contributed by atoms with Gasteiger partial charge in [-0.2, -0.15) is 0 Å². The average Bonchev–Trinajstić information content (AvgIpc) is 2.46. The predicted molar refractivity (Wildman–Crippen MR) is 57.8 cm³/mol. The van der Waals surface area contributed by atoms with Gasteiger partial charge in [0.1, 0.15) is 5.25 Å². The fraction of sp³-hybridized carbons (Fsp3) is 1.00. The molecule has 0 aromatic heterocycles. The summed E-state index contributed by atoms with van der Waals surface area (Å²) in [6.45, 7) is 2.23. The van der Waals surface area contributed by atoms with Crippen LogP contribution in [0.15, 0.2) is 0 Å². The van der Waals surface area contributed by atoms with Crippen LogP contribution >= 0.6 is 10.8 Å². The molecule has 1 heterocycles. The van der Waals surface area contributed by atoms with Gasteiger partial charge in [-0.15, -0.1) is 0 Å². The standard InChI is InChI=1S/C9H18OS2/c1-2-3-4-5-6-9-7-8-11-12(9)10/h9H,2-8H2,1H3/t9-,12?/m0/s1. The molecule has 0 amide bonds. The summed E-state index contributed by atoms with van der Waals surface area (Å²) < 4.78 is 11.3. The topological polar surface area (TPSA) is 23.1 Å². The molecule has 0 N–H and O–H groups in total. The van der Waals surface area contributed by atoms with Crippen molar-refractivity contribution in [1.29, 1.82) is 0 Å². The minimum absolute atomic E-state index is 0.520. The Kier molecular flexibility index (Phi) is 5.52. The third-order valence-corrected chi connectivity index (χ3v) is 5.95. The summed E-state index contributed by atoms with van der Waals surface area (Å²) in [7, 11) is 1.09. The van der Waals surface area contributed by atoms with Crippen LogP contribution < -0.4 is 0 Å². The Bertz CT molecular complexity index is 119. The highest BCUT2D eigenvalue weighted by Crippen LogP contribution is 2.33. The lowest BCUT2D eigenvalue weighted by Gasteiger charge is -2.10. The fourth-order valence-corrected chi connectivity index (χ4v) is 4.99. The molecule has 1 saturated heterocycles. The van der Waals surface area contributed by atoms with Gasteiger partial charge in [-0.1, -0.05) is 26.2 Å². The molecule has 72 valence electrons. The molecule has 2 atom stereocenters. The van der Waals surface area contributed by atoms with E-state index in [-0.39, 0.29) is 0 Å². The molecule has 1 aliphatic rings. The Balaban J connectivity index is 1.98. The van der Waals surface area contributed by atoms with Crippen molar-refractivity contribution in [3.8, 4) is 0 Å². The van der Waals surface area contributed by atoms with Gasteiger partial charge in [0.15, 0.2) is 0 Å². The molecule has 0 aromatic rings. The lowest BCUT2D eigenvalue weighted by atomic mass is 10.1. The van der Waals surface area contributed by atoms with Gasteiger partial charge in [-0.25, -0.2) is 0 Å². The zero-order valence-electron chi connectivity index (χ0n) is 7.75. The van der Waals surface area contributed by atoms with E-state index >= 15 is 0 Å². The Morgan fingerprint density at radius 1 is 1.42 bits per heavy atom. The van der Waals surface area contributed by atoms with Crippen molar-refractivity contribution in [2.24, 2.45) is 0 Å². The van der Waals surface area contributed by atoms with E-state index in [0.717, 1.165) is 5.75 Å². The van der Waals surface area contributed by atoms with Crippen LogP contribution in [0.4, 0.5) is 0 Å². The van der Waals surface area contributed by atoms with Gasteiger partial charge in [0.2, 0.25) is 0 Å². The molecule has 3 heteroatoms.